The van der Waals surface area contributed by atoms with E-state index in [2.05, 4.69) is 10.3 Å². The van der Waals surface area contributed by atoms with Crippen molar-refractivity contribution in [3.8, 4) is 0 Å². The van der Waals surface area contributed by atoms with Gasteiger partial charge in [-0.3, -0.25) is 4.79 Å². The van der Waals surface area contributed by atoms with Gasteiger partial charge in [-0.15, -0.1) is 0 Å². The quantitative estimate of drug-likeness (QED) is 0.598. The summed E-state index contributed by atoms with van der Waals surface area (Å²) in [5.41, 5.74) is 8.06. The number of carbonyl (C=O) groups excluding carboxylic acids is 1. The maximum atomic E-state index is 12.7. The van der Waals surface area contributed by atoms with Crippen LogP contribution in [0.2, 0.25) is 0 Å². The van der Waals surface area contributed by atoms with Crippen LogP contribution in [0.4, 0.5) is 0 Å². The van der Waals surface area contributed by atoms with E-state index < -0.39 is 12.1 Å². The predicted molar refractivity (Wildman–Crippen MR) is 102 cm³/mol. The third-order valence-electron chi connectivity index (χ3n) is 4.35. The number of nitrogens with zero attached hydrogens (tertiary/aromatic N) is 1. The number of amides is 1. The molecule has 140 valence electrons. The Labute approximate surface area is 158 Å². The van der Waals surface area contributed by atoms with Crippen LogP contribution < -0.4 is 11.1 Å². The second-order valence-corrected chi connectivity index (χ2v) is 6.46. The molecule has 0 saturated heterocycles. The van der Waals surface area contributed by atoms with E-state index >= 15 is 0 Å². The zero-order chi connectivity index (χ0) is 19.2. The zero-order valence-electron chi connectivity index (χ0n) is 15.1. The highest BCUT2D eigenvalue weighted by molar-refractivity contribution is 5.92. The molecular weight excluding hydrogens is 342 g/mol. The first-order valence-electron chi connectivity index (χ1n) is 8.83. The first-order chi connectivity index (χ1) is 13.0. The van der Waals surface area contributed by atoms with E-state index in [9.17, 15) is 9.90 Å². The summed E-state index contributed by atoms with van der Waals surface area (Å²) >= 11 is 0. The molecule has 3 aromatic rings. The van der Waals surface area contributed by atoms with Gasteiger partial charge in [-0.25, -0.2) is 4.98 Å². The second-order valence-electron chi connectivity index (χ2n) is 6.46. The van der Waals surface area contributed by atoms with Crippen LogP contribution in [0.5, 0.6) is 0 Å². The van der Waals surface area contributed by atoms with Gasteiger partial charge in [-0.1, -0.05) is 60.7 Å². The highest BCUT2D eigenvalue weighted by Crippen LogP contribution is 2.20. The first-order valence-corrected chi connectivity index (χ1v) is 8.83. The summed E-state index contributed by atoms with van der Waals surface area (Å²) in [6.45, 7) is 1.54. The largest absolute Gasteiger partial charge is 0.446 e. The molecule has 1 heterocycles. The molecule has 0 saturated carbocycles. The lowest BCUT2D eigenvalue weighted by Crippen LogP contribution is -2.30. The molecule has 3 unspecified atom stereocenters. The van der Waals surface area contributed by atoms with E-state index in [0.29, 0.717) is 6.42 Å². The van der Waals surface area contributed by atoms with Gasteiger partial charge < -0.3 is 20.6 Å². The van der Waals surface area contributed by atoms with Crippen molar-refractivity contribution in [1.29, 1.82) is 0 Å². The summed E-state index contributed by atoms with van der Waals surface area (Å²) in [6.07, 6.45) is 1.08. The van der Waals surface area contributed by atoms with E-state index in [1.54, 1.807) is 6.92 Å². The monoisotopic (exact) mass is 365 g/mol. The van der Waals surface area contributed by atoms with E-state index in [4.69, 9.17) is 10.2 Å². The Kier molecular flexibility index (Phi) is 6.01. The number of benzene rings is 2. The van der Waals surface area contributed by atoms with Crippen LogP contribution >= 0.6 is 0 Å². The fraction of sp³-hybridized carbons (Fsp3) is 0.238. The lowest BCUT2D eigenvalue weighted by Gasteiger charge is -2.19. The fourth-order valence-corrected chi connectivity index (χ4v) is 2.77. The third-order valence-corrected chi connectivity index (χ3v) is 4.35. The van der Waals surface area contributed by atoms with Crippen molar-refractivity contribution in [2.24, 2.45) is 5.73 Å². The molecule has 0 bridgehead atoms. The zero-order valence-corrected chi connectivity index (χ0v) is 15.1. The van der Waals surface area contributed by atoms with Gasteiger partial charge >= 0.3 is 0 Å². The summed E-state index contributed by atoms with van der Waals surface area (Å²) in [5, 5.41) is 12.6. The van der Waals surface area contributed by atoms with Crippen LogP contribution in [0.15, 0.2) is 71.3 Å². The van der Waals surface area contributed by atoms with Crippen molar-refractivity contribution in [2.75, 3.05) is 0 Å². The SMILES string of the molecule is CC(O)C(N)c1nc(C(=O)NC(Cc2ccccc2)c2ccccc2)co1. The number of oxazole rings is 1. The van der Waals surface area contributed by atoms with E-state index in [1.165, 1.54) is 6.26 Å². The predicted octanol–water partition coefficient (Wildman–Crippen LogP) is 2.77. The Morgan fingerprint density at radius 2 is 1.78 bits per heavy atom. The Morgan fingerprint density at radius 3 is 2.41 bits per heavy atom. The summed E-state index contributed by atoms with van der Waals surface area (Å²) in [5.74, 6) is -0.220. The van der Waals surface area contributed by atoms with Crippen LogP contribution in [-0.2, 0) is 6.42 Å². The molecule has 0 fully saturated rings. The molecule has 27 heavy (non-hydrogen) atoms. The number of nitrogens with one attached hydrogen (secondary N) is 1. The summed E-state index contributed by atoms with van der Waals surface area (Å²) in [6, 6.07) is 18.7. The van der Waals surface area contributed by atoms with Crippen molar-refractivity contribution in [3.63, 3.8) is 0 Å². The Hall–Kier alpha value is -2.96. The number of carbonyl (C=O) groups is 1. The lowest BCUT2D eigenvalue weighted by atomic mass is 9.99. The van der Waals surface area contributed by atoms with Crippen LogP contribution in [0.1, 0.15) is 46.5 Å². The maximum absolute atomic E-state index is 12.7. The Morgan fingerprint density at radius 1 is 1.15 bits per heavy atom. The van der Waals surface area contributed by atoms with Gasteiger partial charge in [-0.2, -0.15) is 0 Å². The normalized spacial score (nSPS) is 14.3. The van der Waals surface area contributed by atoms with Gasteiger partial charge in [0.25, 0.3) is 5.91 Å². The minimum Gasteiger partial charge on any atom is -0.446 e. The number of nitrogens with two attached hydrogens (primary N) is 1. The van der Waals surface area contributed by atoms with Gasteiger partial charge in [0.05, 0.1) is 12.1 Å². The van der Waals surface area contributed by atoms with Gasteiger partial charge in [0.15, 0.2) is 5.69 Å². The molecular formula is C21H23N3O3. The summed E-state index contributed by atoms with van der Waals surface area (Å²) in [7, 11) is 0. The van der Waals surface area contributed by atoms with Crippen molar-refractivity contribution < 1.29 is 14.3 Å². The van der Waals surface area contributed by atoms with Crippen LogP contribution in [-0.4, -0.2) is 22.1 Å². The number of rotatable bonds is 7. The molecule has 6 heteroatoms. The Bertz CT molecular complexity index is 863. The lowest BCUT2D eigenvalue weighted by molar-refractivity contribution is 0.0931. The minimum atomic E-state index is -0.824. The number of aliphatic hydroxyl groups is 1. The summed E-state index contributed by atoms with van der Waals surface area (Å²) < 4.78 is 5.26. The number of hydrogen-bond acceptors (Lipinski definition) is 5. The molecule has 4 N–H and O–H groups in total. The average Bonchev–Trinajstić information content (AvgIpc) is 3.18. The summed E-state index contributed by atoms with van der Waals surface area (Å²) in [4.78, 5) is 16.8. The number of aromatic nitrogens is 1. The fourth-order valence-electron chi connectivity index (χ4n) is 2.77. The van der Waals surface area contributed by atoms with Crippen molar-refractivity contribution in [1.82, 2.24) is 10.3 Å². The van der Waals surface area contributed by atoms with Crippen LogP contribution in [0.25, 0.3) is 0 Å². The van der Waals surface area contributed by atoms with Crippen molar-refractivity contribution in [2.45, 2.75) is 31.5 Å². The van der Waals surface area contributed by atoms with E-state index in [-0.39, 0.29) is 23.5 Å². The number of hydrogen-bond donors (Lipinski definition) is 3. The topological polar surface area (TPSA) is 101 Å². The molecule has 0 aliphatic heterocycles. The van der Waals surface area contributed by atoms with Gasteiger partial charge in [-0.05, 0) is 24.5 Å². The smallest absolute Gasteiger partial charge is 0.273 e. The number of aliphatic hydroxyl groups excluding tert-OH is 1. The van der Waals surface area contributed by atoms with Gasteiger partial charge in [0.2, 0.25) is 5.89 Å². The third kappa shape index (κ3) is 4.81. The molecule has 6 nitrogen and oxygen atoms in total. The average molecular weight is 365 g/mol. The van der Waals surface area contributed by atoms with Crippen molar-refractivity contribution >= 4 is 5.91 Å². The van der Waals surface area contributed by atoms with Gasteiger partial charge in [0.1, 0.15) is 12.3 Å². The molecule has 0 aliphatic rings. The first kappa shape index (κ1) is 18.8. The molecule has 1 amide bonds. The second kappa shape index (κ2) is 8.62. The van der Waals surface area contributed by atoms with Crippen LogP contribution in [0, 0.1) is 0 Å². The minimum absolute atomic E-state index is 0.134. The van der Waals surface area contributed by atoms with E-state index in [0.717, 1.165) is 11.1 Å². The molecule has 3 atom stereocenters. The molecule has 0 radical (unpaired) electrons. The maximum Gasteiger partial charge on any atom is 0.273 e. The van der Waals surface area contributed by atoms with E-state index in [1.807, 2.05) is 60.7 Å². The molecule has 3 rings (SSSR count). The molecule has 0 spiro atoms. The Balaban J connectivity index is 1.78. The molecule has 0 aliphatic carbocycles. The molecule has 2 aromatic carbocycles. The molecule has 1 aromatic heterocycles. The van der Waals surface area contributed by atoms with Crippen molar-refractivity contribution in [3.05, 3.63) is 89.6 Å². The standard InChI is InChI=1S/C21H23N3O3/c1-14(25)19(22)21-24-18(13-27-21)20(26)23-17(16-10-6-3-7-11-16)12-15-8-4-2-5-9-15/h2-11,13-14,17,19,25H,12,22H2,1H3,(H,23,26). The highest BCUT2D eigenvalue weighted by Gasteiger charge is 2.22. The van der Waals surface area contributed by atoms with Crippen LogP contribution in [0.3, 0.4) is 0 Å². The highest BCUT2D eigenvalue weighted by atomic mass is 16.3. The van der Waals surface area contributed by atoms with Gasteiger partial charge in [0, 0.05) is 0 Å².